The van der Waals surface area contributed by atoms with Crippen molar-refractivity contribution in [1.29, 1.82) is 0 Å². The highest BCUT2D eigenvalue weighted by atomic mass is 19.3. The molecule has 1 saturated heterocycles. The molecule has 7 nitrogen and oxygen atoms in total. The van der Waals surface area contributed by atoms with Crippen molar-refractivity contribution >= 4 is 22.6 Å². The number of hydrogen-bond acceptors (Lipinski definition) is 6. The highest BCUT2D eigenvalue weighted by Gasteiger charge is 2.25. The number of anilines is 1. The van der Waals surface area contributed by atoms with E-state index in [0.29, 0.717) is 43.0 Å². The first-order chi connectivity index (χ1) is 14.0. The monoisotopic (exact) mass is 399 g/mol. The van der Waals surface area contributed by atoms with Gasteiger partial charge < -0.3 is 15.4 Å². The second-order valence-corrected chi connectivity index (χ2v) is 6.77. The molecule has 29 heavy (non-hydrogen) atoms. The number of amides is 1. The van der Waals surface area contributed by atoms with E-state index in [1.165, 1.54) is 12.3 Å². The Labute approximate surface area is 165 Å². The zero-order chi connectivity index (χ0) is 20.4. The molecule has 1 aliphatic rings. The molecule has 150 valence electrons. The van der Waals surface area contributed by atoms with Crippen molar-refractivity contribution in [3.8, 4) is 5.75 Å². The molecule has 0 spiro atoms. The van der Waals surface area contributed by atoms with Crippen molar-refractivity contribution in [2.24, 2.45) is 5.73 Å². The summed E-state index contributed by atoms with van der Waals surface area (Å²) in [6.45, 7) is 1.20. The number of rotatable bonds is 5. The normalized spacial score (nSPS) is 15.1. The van der Waals surface area contributed by atoms with Gasteiger partial charge in [-0.05, 0) is 18.2 Å². The number of benzene rings is 1. The zero-order valence-corrected chi connectivity index (χ0v) is 15.5. The fourth-order valence-corrected chi connectivity index (χ4v) is 3.41. The van der Waals surface area contributed by atoms with E-state index in [9.17, 15) is 13.6 Å². The number of piperidine rings is 1. The van der Waals surface area contributed by atoms with E-state index in [2.05, 4.69) is 15.0 Å². The standard InChI is InChI=1S/C20H19F2N5O2/c21-17(22)19-25-15-4-2-1-3-14(15)20(26-19)27-9-6-12(7-10-27)29-13-5-8-24-16(11-13)18(23)28/h1-5,8,11-12,17H,6-7,9-10H2,(H2,23,28). The summed E-state index contributed by atoms with van der Waals surface area (Å²) in [5, 5.41) is 0.747. The first kappa shape index (κ1) is 19.0. The summed E-state index contributed by atoms with van der Waals surface area (Å²) in [6, 6.07) is 10.3. The summed E-state index contributed by atoms with van der Waals surface area (Å²) in [5.41, 5.74) is 5.90. The Morgan fingerprint density at radius 1 is 1.17 bits per heavy atom. The van der Waals surface area contributed by atoms with Gasteiger partial charge in [-0.25, -0.2) is 18.7 Å². The van der Waals surface area contributed by atoms with Crippen LogP contribution in [0.3, 0.4) is 0 Å². The van der Waals surface area contributed by atoms with Crippen LogP contribution in [0, 0.1) is 0 Å². The second-order valence-electron chi connectivity index (χ2n) is 6.77. The smallest absolute Gasteiger partial charge is 0.297 e. The second kappa shape index (κ2) is 7.94. The van der Waals surface area contributed by atoms with E-state index in [4.69, 9.17) is 10.5 Å². The molecule has 3 aromatic rings. The Morgan fingerprint density at radius 3 is 2.66 bits per heavy atom. The molecule has 1 aromatic carbocycles. The highest BCUT2D eigenvalue weighted by molar-refractivity contribution is 5.91. The van der Waals surface area contributed by atoms with Crippen LogP contribution in [-0.4, -0.2) is 40.1 Å². The van der Waals surface area contributed by atoms with E-state index in [1.807, 2.05) is 17.0 Å². The number of nitrogens with zero attached hydrogens (tertiary/aromatic N) is 4. The number of nitrogens with two attached hydrogens (primary N) is 1. The minimum Gasteiger partial charge on any atom is -0.490 e. The third kappa shape index (κ3) is 4.08. The van der Waals surface area contributed by atoms with Gasteiger partial charge in [-0.2, -0.15) is 0 Å². The van der Waals surface area contributed by atoms with Gasteiger partial charge in [0.2, 0.25) is 0 Å². The molecular weight excluding hydrogens is 380 g/mol. The maximum Gasteiger partial charge on any atom is 0.297 e. The number of ether oxygens (including phenoxy) is 1. The first-order valence-electron chi connectivity index (χ1n) is 9.23. The first-order valence-corrected chi connectivity index (χ1v) is 9.23. The molecule has 0 unspecified atom stereocenters. The van der Waals surface area contributed by atoms with Gasteiger partial charge in [-0.15, -0.1) is 0 Å². The predicted octanol–water partition coefficient (Wildman–Crippen LogP) is 3.11. The van der Waals surface area contributed by atoms with Crippen molar-refractivity contribution < 1.29 is 18.3 Å². The lowest BCUT2D eigenvalue weighted by molar-refractivity contribution is 0.0994. The van der Waals surface area contributed by atoms with E-state index < -0.39 is 18.2 Å². The van der Waals surface area contributed by atoms with E-state index in [0.717, 1.165) is 5.39 Å². The van der Waals surface area contributed by atoms with Crippen molar-refractivity contribution in [3.63, 3.8) is 0 Å². The van der Waals surface area contributed by atoms with E-state index >= 15 is 0 Å². The quantitative estimate of drug-likeness (QED) is 0.709. The molecule has 0 radical (unpaired) electrons. The van der Waals surface area contributed by atoms with Gasteiger partial charge in [0, 0.05) is 43.6 Å². The number of fused-ring (bicyclic) bond motifs is 1. The van der Waals surface area contributed by atoms with Crippen LogP contribution in [-0.2, 0) is 0 Å². The molecule has 1 fully saturated rings. The molecule has 1 aliphatic heterocycles. The Bertz CT molecular complexity index is 1040. The third-order valence-electron chi connectivity index (χ3n) is 4.82. The van der Waals surface area contributed by atoms with Crippen LogP contribution >= 0.6 is 0 Å². The van der Waals surface area contributed by atoms with Crippen molar-refractivity contribution in [1.82, 2.24) is 15.0 Å². The highest BCUT2D eigenvalue weighted by Crippen LogP contribution is 2.30. The Kier molecular flexibility index (Phi) is 5.20. The van der Waals surface area contributed by atoms with Crippen LogP contribution in [0.4, 0.5) is 14.6 Å². The number of para-hydroxylation sites is 1. The summed E-state index contributed by atoms with van der Waals surface area (Å²) in [6.07, 6.45) is 0.0266. The van der Waals surface area contributed by atoms with Gasteiger partial charge in [-0.1, -0.05) is 12.1 Å². The maximum absolute atomic E-state index is 13.2. The lowest BCUT2D eigenvalue weighted by atomic mass is 10.1. The Hall–Kier alpha value is -3.36. The van der Waals surface area contributed by atoms with Gasteiger partial charge in [0.15, 0.2) is 5.82 Å². The fraction of sp³-hybridized carbons (Fsp3) is 0.300. The number of alkyl halides is 2. The molecule has 0 bridgehead atoms. The van der Waals surface area contributed by atoms with Gasteiger partial charge >= 0.3 is 0 Å². The number of hydrogen-bond donors (Lipinski definition) is 1. The molecule has 1 amide bonds. The largest absolute Gasteiger partial charge is 0.490 e. The molecule has 2 N–H and O–H groups in total. The molecule has 3 heterocycles. The molecule has 9 heteroatoms. The van der Waals surface area contributed by atoms with Crippen molar-refractivity contribution in [3.05, 3.63) is 54.1 Å². The van der Waals surface area contributed by atoms with Crippen molar-refractivity contribution in [2.45, 2.75) is 25.4 Å². The molecule has 0 aliphatic carbocycles. The van der Waals surface area contributed by atoms with Gasteiger partial charge in [0.25, 0.3) is 12.3 Å². The van der Waals surface area contributed by atoms with E-state index in [-0.39, 0.29) is 11.8 Å². The SMILES string of the molecule is NC(=O)c1cc(OC2CCN(c3nc(C(F)F)nc4ccccc34)CC2)ccn1. The summed E-state index contributed by atoms with van der Waals surface area (Å²) < 4.78 is 32.4. The third-order valence-corrected chi connectivity index (χ3v) is 4.82. The summed E-state index contributed by atoms with van der Waals surface area (Å²) in [7, 11) is 0. The minimum absolute atomic E-state index is 0.0722. The number of aromatic nitrogens is 3. The van der Waals surface area contributed by atoms with Gasteiger partial charge in [0.05, 0.1) is 5.52 Å². The zero-order valence-electron chi connectivity index (χ0n) is 15.5. The minimum atomic E-state index is -2.73. The number of pyridine rings is 1. The summed E-state index contributed by atoms with van der Waals surface area (Å²) in [5.74, 6) is -0.0346. The maximum atomic E-state index is 13.2. The summed E-state index contributed by atoms with van der Waals surface area (Å²) in [4.78, 5) is 25.2. The van der Waals surface area contributed by atoms with Crippen LogP contribution in [0.5, 0.6) is 5.75 Å². The molecule has 4 rings (SSSR count). The van der Waals surface area contributed by atoms with Crippen LogP contribution in [0.1, 0.15) is 35.6 Å². The molecule has 2 aromatic heterocycles. The molecule has 0 atom stereocenters. The van der Waals surface area contributed by atoms with E-state index in [1.54, 1.807) is 18.2 Å². The number of carbonyl (C=O) groups excluding carboxylic acids is 1. The Balaban J connectivity index is 1.50. The number of primary amides is 1. The van der Waals surface area contributed by atoms with Gasteiger partial charge in [0.1, 0.15) is 23.4 Å². The van der Waals surface area contributed by atoms with Crippen LogP contribution < -0.4 is 15.4 Å². The average molecular weight is 399 g/mol. The number of carbonyl (C=O) groups is 1. The van der Waals surface area contributed by atoms with Crippen LogP contribution in [0.15, 0.2) is 42.6 Å². The molecular formula is C20H19F2N5O2. The predicted molar refractivity (Wildman–Crippen MR) is 103 cm³/mol. The van der Waals surface area contributed by atoms with Gasteiger partial charge in [-0.3, -0.25) is 9.78 Å². The Morgan fingerprint density at radius 2 is 1.93 bits per heavy atom. The fourth-order valence-electron chi connectivity index (χ4n) is 3.41. The molecule has 0 saturated carbocycles. The lowest BCUT2D eigenvalue weighted by Gasteiger charge is -2.33. The van der Waals surface area contributed by atoms with Crippen LogP contribution in [0.2, 0.25) is 0 Å². The number of halogens is 2. The lowest BCUT2D eigenvalue weighted by Crippen LogP contribution is -2.39. The van der Waals surface area contributed by atoms with Crippen molar-refractivity contribution in [2.75, 3.05) is 18.0 Å². The average Bonchev–Trinajstić information content (AvgIpc) is 2.73. The van der Waals surface area contributed by atoms with Crippen LogP contribution in [0.25, 0.3) is 10.9 Å². The summed E-state index contributed by atoms with van der Waals surface area (Å²) >= 11 is 0. The topological polar surface area (TPSA) is 94.2 Å².